The largest absolute Gasteiger partial charge is 0.491 e. The third kappa shape index (κ3) is 4.44. The fourth-order valence-electron chi connectivity index (χ4n) is 1.72. The van der Waals surface area contributed by atoms with Gasteiger partial charge in [-0.1, -0.05) is 18.2 Å². The zero-order chi connectivity index (χ0) is 14.2. The van der Waals surface area contributed by atoms with E-state index in [2.05, 4.69) is 0 Å². The van der Waals surface area contributed by atoms with Gasteiger partial charge in [0.1, 0.15) is 12.4 Å². The smallest absolute Gasteiger partial charge is 0.250 e. The van der Waals surface area contributed by atoms with Gasteiger partial charge in [-0.15, -0.1) is 0 Å². The Morgan fingerprint density at radius 3 is 2.60 bits per heavy atom. The van der Waals surface area contributed by atoms with Gasteiger partial charge in [-0.05, 0) is 18.2 Å². The monoisotopic (exact) mass is 274 g/mol. The standard InChI is InChI=1S/C15H18N2O3/c16-13-6-7-15(18)17(12-13)8-9-19-10-11-20-14-4-2-1-3-5-14/h1-7,12H,8-11,16H2. The van der Waals surface area contributed by atoms with Crippen LogP contribution in [0.5, 0.6) is 5.75 Å². The molecule has 2 aromatic rings. The second-order valence-electron chi connectivity index (χ2n) is 4.27. The quantitative estimate of drug-likeness (QED) is 0.777. The second kappa shape index (κ2) is 7.35. The van der Waals surface area contributed by atoms with Crippen LogP contribution in [0.25, 0.3) is 0 Å². The van der Waals surface area contributed by atoms with Gasteiger partial charge in [-0.25, -0.2) is 0 Å². The van der Waals surface area contributed by atoms with Gasteiger partial charge in [0.25, 0.3) is 5.56 Å². The molecule has 0 aliphatic rings. The summed E-state index contributed by atoms with van der Waals surface area (Å²) in [5.41, 5.74) is 6.11. The van der Waals surface area contributed by atoms with Gasteiger partial charge in [-0.2, -0.15) is 0 Å². The van der Waals surface area contributed by atoms with Crippen LogP contribution in [-0.2, 0) is 11.3 Å². The van der Waals surface area contributed by atoms with Crippen molar-refractivity contribution in [2.75, 3.05) is 25.6 Å². The minimum Gasteiger partial charge on any atom is -0.491 e. The maximum atomic E-state index is 11.5. The topological polar surface area (TPSA) is 66.5 Å². The Balaban J connectivity index is 1.64. The molecule has 0 spiro atoms. The summed E-state index contributed by atoms with van der Waals surface area (Å²) in [7, 11) is 0. The van der Waals surface area contributed by atoms with E-state index in [-0.39, 0.29) is 5.56 Å². The summed E-state index contributed by atoms with van der Waals surface area (Å²) in [6.07, 6.45) is 1.62. The summed E-state index contributed by atoms with van der Waals surface area (Å²) >= 11 is 0. The first-order valence-electron chi connectivity index (χ1n) is 6.47. The fraction of sp³-hybridized carbons (Fsp3) is 0.267. The van der Waals surface area contributed by atoms with Crippen molar-refractivity contribution >= 4 is 5.69 Å². The molecule has 0 unspecified atom stereocenters. The molecule has 0 aliphatic carbocycles. The summed E-state index contributed by atoms with van der Waals surface area (Å²) < 4.78 is 12.5. The lowest BCUT2D eigenvalue weighted by atomic mass is 10.3. The summed E-state index contributed by atoms with van der Waals surface area (Å²) in [6, 6.07) is 12.6. The van der Waals surface area contributed by atoms with Crippen LogP contribution in [0, 0.1) is 0 Å². The molecule has 20 heavy (non-hydrogen) atoms. The Bertz CT molecular complexity index is 581. The van der Waals surface area contributed by atoms with E-state index in [1.165, 1.54) is 10.6 Å². The molecule has 1 aromatic heterocycles. The number of anilines is 1. The van der Waals surface area contributed by atoms with Crippen LogP contribution in [0.4, 0.5) is 5.69 Å². The maximum absolute atomic E-state index is 11.5. The highest BCUT2D eigenvalue weighted by Gasteiger charge is 1.97. The van der Waals surface area contributed by atoms with Crippen LogP contribution in [0.3, 0.4) is 0 Å². The first-order valence-corrected chi connectivity index (χ1v) is 6.47. The summed E-state index contributed by atoms with van der Waals surface area (Å²) in [6.45, 7) is 1.89. The van der Waals surface area contributed by atoms with Crippen LogP contribution >= 0.6 is 0 Å². The van der Waals surface area contributed by atoms with Gasteiger partial charge >= 0.3 is 0 Å². The van der Waals surface area contributed by atoms with E-state index >= 15 is 0 Å². The average molecular weight is 274 g/mol. The molecule has 0 amide bonds. The van der Waals surface area contributed by atoms with Crippen LogP contribution in [0.2, 0.25) is 0 Å². The molecule has 2 N–H and O–H groups in total. The molecule has 1 aromatic carbocycles. The van der Waals surface area contributed by atoms with Crippen molar-refractivity contribution in [1.82, 2.24) is 4.57 Å². The average Bonchev–Trinajstić information content (AvgIpc) is 2.47. The molecule has 0 fully saturated rings. The highest BCUT2D eigenvalue weighted by molar-refractivity contribution is 5.33. The third-order valence-electron chi connectivity index (χ3n) is 2.72. The summed E-state index contributed by atoms with van der Waals surface area (Å²) in [4.78, 5) is 11.5. The molecule has 1 heterocycles. The lowest BCUT2D eigenvalue weighted by Crippen LogP contribution is -2.22. The molecule has 106 valence electrons. The van der Waals surface area contributed by atoms with Crippen molar-refractivity contribution in [1.29, 1.82) is 0 Å². The molecule has 5 nitrogen and oxygen atoms in total. The zero-order valence-electron chi connectivity index (χ0n) is 11.2. The van der Waals surface area contributed by atoms with Crippen LogP contribution in [0.1, 0.15) is 0 Å². The number of ether oxygens (including phenoxy) is 2. The van der Waals surface area contributed by atoms with Crippen molar-refractivity contribution in [2.24, 2.45) is 0 Å². The van der Waals surface area contributed by atoms with E-state index in [9.17, 15) is 4.79 Å². The Morgan fingerprint density at radius 2 is 1.80 bits per heavy atom. The van der Waals surface area contributed by atoms with Crippen molar-refractivity contribution in [2.45, 2.75) is 6.54 Å². The van der Waals surface area contributed by atoms with Crippen molar-refractivity contribution in [3.05, 3.63) is 59.0 Å². The van der Waals surface area contributed by atoms with Crippen molar-refractivity contribution in [3.63, 3.8) is 0 Å². The molecular formula is C15H18N2O3. The Labute approximate surface area is 117 Å². The van der Waals surface area contributed by atoms with Gasteiger partial charge in [0, 0.05) is 24.5 Å². The number of nitrogens with two attached hydrogens (primary N) is 1. The van der Waals surface area contributed by atoms with E-state index in [4.69, 9.17) is 15.2 Å². The molecule has 0 atom stereocenters. The second-order valence-corrected chi connectivity index (χ2v) is 4.27. The number of nitrogen functional groups attached to an aromatic ring is 1. The molecule has 5 heteroatoms. The van der Waals surface area contributed by atoms with Crippen molar-refractivity contribution in [3.8, 4) is 5.75 Å². The van der Waals surface area contributed by atoms with Crippen LogP contribution in [0.15, 0.2) is 53.5 Å². The number of aromatic nitrogens is 1. The zero-order valence-corrected chi connectivity index (χ0v) is 11.2. The van der Waals surface area contributed by atoms with Gasteiger partial charge in [0.2, 0.25) is 0 Å². The van der Waals surface area contributed by atoms with E-state index in [0.717, 1.165) is 5.75 Å². The minimum absolute atomic E-state index is 0.0802. The molecule has 0 bridgehead atoms. The highest BCUT2D eigenvalue weighted by Crippen LogP contribution is 2.07. The highest BCUT2D eigenvalue weighted by atomic mass is 16.5. The number of rotatable bonds is 7. The number of pyridine rings is 1. The fourth-order valence-corrected chi connectivity index (χ4v) is 1.72. The first-order chi connectivity index (χ1) is 9.75. The number of benzene rings is 1. The molecule has 0 saturated carbocycles. The number of hydrogen-bond acceptors (Lipinski definition) is 4. The van der Waals surface area contributed by atoms with Crippen LogP contribution in [-0.4, -0.2) is 24.4 Å². The van der Waals surface area contributed by atoms with E-state index in [1.54, 1.807) is 12.3 Å². The number of nitrogens with zero attached hydrogens (tertiary/aromatic N) is 1. The van der Waals surface area contributed by atoms with Gasteiger partial charge in [-0.3, -0.25) is 4.79 Å². The first kappa shape index (κ1) is 14.1. The third-order valence-corrected chi connectivity index (χ3v) is 2.72. The molecule has 0 saturated heterocycles. The molecular weight excluding hydrogens is 256 g/mol. The Morgan fingerprint density at radius 1 is 1.00 bits per heavy atom. The Hall–Kier alpha value is -2.27. The van der Waals surface area contributed by atoms with Gasteiger partial charge < -0.3 is 19.8 Å². The molecule has 2 rings (SSSR count). The van der Waals surface area contributed by atoms with Gasteiger partial charge in [0.05, 0.1) is 13.2 Å². The SMILES string of the molecule is Nc1ccc(=O)n(CCOCCOc2ccccc2)c1. The summed E-state index contributed by atoms with van der Waals surface area (Å²) in [5, 5.41) is 0. The Kier molecular flexibility index (Phi) is 5.20. The van der Waals surface area contributed by atoms with E-state index in [0.29, 0.717) is 32.1 Å². The summed E-state index contributed by atoms with van der Waals surface area (Å²) in [5.74, 6) is 0.822. The van der Waals surface area contributed by atoms with E-state index < -0.39 is 0 Å². The predicted molar refractivity (Wildman–Crippen MR) is 77.9 cm³/mol. The minimum atomic E-state index is -0.0802. The molecule has 0 aliphatic heterocycles. The lowest BCUT2D eigenvalue weighted by molar-refractivity contribution is 0.0939. The maximum Gasteiger partial charge on any atom is 0.250 e. The van der Waals surface area contributed by atoms with Crippen LogP contribution < -0.4 is 16.0 Å². The molecule has 0 radical (unpaired) electrons. The van der Waals surface area contributed by atoms with E-state index in [1.807, 2.05) is 30.3 Å². The number of para-hydroxylation sites is 1. The van der Waals surface area contributed by atoms with Crippen molar-refractivity contribution < 1.29 is 9.47 Å². The van der Waals surface area contributed by atoms with Gasteiger partial charge in [0.15, 0.2) is 0 Å². The normalized spacial score (nSPS) is 10.4. The lowest BCUT2D eigenvalue weighted by Gasteiger charge is -2.08. The number of hydrogen-bond donors (Lipinski definition) is 1. The predicted octanol–water partition coefficient (Wildman–Crippen LogP) is 1.53.